The summed E-state index contributed by atoms with van der Waals surface area (Å²) >= 11 is 12.3. The number of hydrogen-bond donors (Lipinski definition) is 2. The summed E-state index contributed by atoms with van der Waals surface area (Å²) in [6, 6.07) is 12.3. The van der Waals surface area contributed by atoms with Gasteiger partial charge in [-0.15, -0.1) is 0 Å². The molecule has 13 heteroatoms. The van der Waals surface area contributed by atoms with E-state index in [2.05, 4.69) is 21.4 Å². The zero-order chi connectivity index (χ0) is 34.7. The first-order chi connectivity index (χ1) is 22.2. The number of nitrogens with zero attached hydrogens (tertiary/aromatic N) is 1. The molecule has 0 aliphatic carbocycles. The van der Waals surface area contributed by atoms with Crippen molar-refractivity contribution in [1.29, 1.82) is 5.26 Å². The van der Waals surface area contributed by atoms with Crippen molar-refractivity contribution in [2.45, 2.75) is 50.6 Å². The number of rotatable bonds is 9. The molecule has 3 aromatic carbocycles. The molecular weight excluding hydrogens is 655 g/mol. The molecule has 248 valence electrons. The highest BCUT2D eigenvalue weighted by atomic mass is 35.5. The van der Waals surface area contributed by atoms with Gasteiger partial charge in [-0.2, -0.15) is 5.26 Å². The van der Waals surface area contributed by atoms with Crippen molar-refractivity contribution in [2.75, 3.05) is 26.1 Å². The van der Waals surface area contributed by atoms with Gasteiger partial charge in [-0.05, 0) is 53.8 Å². The third-order valence-corrected chi connectivity index (χ3v) is 8.50. The number of ether oxygens (including phenoxy) is 3. The number of hydrogen-bond acceptors (Lipinski definition) is 8. The molecule has 0 aromatic heterocycles. The van der Waals surface area contributed by atoms with E-state index < -0.39 is 64.9 Å². The van der Waals surface area contributed by atoms with Gasteiger partial charge in [0.05, 0.1) is 42.6 Å². The largest absolute Gasteiger partial charge is 0.495 e. The fourth-order valence-electron chi connectivity index (χ4n) is 5.96. The van der Waals surface area contributed by atoms with Crippen LogP contribution in [0.2, 0.25) is 10.0 Å². The van der Waals surface area contributed by atoms with E-state index in [-0.39, 0.29) is 44.6 Å². The predicted molar refractivity (Wildman–Crippen MR) is 172 cm³/mol. The van der Waals surface area contributed by atoms with Gasteiger partial charge < -0.3 is 24.8 Å². The van der Waals surface area contributed by atoms with E-state index in [0.29, 0.717) is 0 Å². The first-order valence-corrected chi connectivity index (χ1v) is 15.2. The lowest BCUT2D eigenvalue weighted by atomic mass is 9.62. The number of esters is 2. The van der Waals surface area contributed by atoms with Gasteiger partial charge in [0.2, 0.25) is 5.91 Å². The summed E-state index contributed by atoms with van der Waals surface area (Å²) in [4.78, 5) is 38.1. The summed E-state index contributed by atoms with van der Waals surface area (Å²) in [5, 5.41) is 16.9. The van der Waals surface area contributed by atoms with Gasteiger partial charge >= 0.3 is 11.9 Å². The lowest BCUT2D eigenvalue weighted by Gasteiger charge is -2.37. The van der Waals surface area contributed by atoms with Crippen LogP contribution in [0.3, 0.4) is 0 Å². The standard InChI is InChI=1S/C34H33Cl2F2N3O6/c1-33(2,3)15-26-34(17-39,21-11-10-19(35)14-23(21)37)28(20-7-6-8-22(36)29(20)38)30(41-26)31(43)40-24-12-9-18(13-25(24)45-4)32(44)47-16-27(42)46-5/h6-14,26,28,30,41H,15-16H2,1-5H3,(H,40,43). The molecule has 1 amide bonds. The zero-order valence-electron chi connectivity index (χ0n) is 26.3. The Hall–Kier alpha value is -4.24. The van der Waals surface area contributed by atoms with Crippen LogP contribution in [0.15, 0.2) is 54.6 Å². The van der Waals surface area contributed by atoms with E-state index in [1.807, 2.05) is 20.8 Å². The zero-order valence-corrected chi connectivity index (χ0v) is 27.8. The number of methoxy groups -OCH3 is 2. The van der Waals surface area contributed by atoms with Crippen LogP contribution >= 0.6 is 23.2 Å². The minimum absolute atomic E-state index is 0.0218. The highest BCUT2D eigenvalue weighted by molar-refractivity contribution is 6.31. The van der Waals surface area contributed by atoms with Crippen molar-refractivity contribution in [3.63, 3.8) is 0 Å². The molecule has 1 heterocycles. The number of amides is 1. The Bertz CT molecular complexity index is 1740. The molecule has 4 rings (SSSR count). The number of nitrogens with one attached hydrogen (secondary N) is 2. The molecule has 1 saturated heterocycles. The molecule has 1 fully saturated rings. The van der Waals surface area contributed by atoms with E-state index in [4.69, 9.17) is 32.7 Å². The fourth-order valence-corrected chi connectivity index (χ4v) is 6.30. The Morgan fingerprint density at radius 1 is 1.06 bits per heavy atom. The van der Waals surface area contributed by atoms with Crippen molar-refractivity contribution in [3.8, 4) is 11.8 Å². The normalized spacial score (nSPS) is 20.6. The number of carbonyl (C=O) groups is 3. The summed E-state index contributed by atoms with van der Waals surface area (Å²) in [5.74, 6) is -5.14. The number of benzene rings is 3. The van der Waals surface area contributed by atoms with Gasteiger partial charge in [0.1, 0.15) is 22.8 Å². The molecule has 9 nitrogen and oxygen atoms in total. The number of carbonyl (C=O) groups excluding carboxylic acids is 3. The van der Waals surface area contributed by atoms with Crippen molar-refractivity contribution < 1.29 is 37.4 Å². The van der Waals surface area contributed by atoms with Gasteiger partial charge in [0, 0.05) is 22.5 Å². The summed E-state index contributed by atoms with van der Waals surface area (Å²) in [5.41, 5.74) is -2.20. The molecule has 47 heavy (non-hydrogen) atoms. The molecule has 3 aromatic rings. The molecule has 1 aliphatic rings. The molecule has 4 unspecified atom stereocenters. The second kappa shape index (κ2) is 14.3. The topological polar surface area (TPSA) is 127 Å². The lowest BCUT2D eigenvalue weighted by Crippen LogP contribution is -2.45. The molecule has 0 spiro atoms. The lowest BCUT2D eigenvalue weighted by molar-refractivity contribution is -0.144. The second-order valence-electron chi connectivity index (χ2n) is 12.2. The van der Waals surface area contributed by atoms with Crippen molar-refractivity contribution in [1.82, 2.24) is 5.32 Å². The molecular formula is C34H33Cl2F2N3O6. The summed E-state index contributed by atoms with van der Waals surface area (Å²) in [6.07, 6.45) is 0.288. The smallest absolute Gasteiger partial charge is 0.344 e. The maximum atomic E-state index is 15.9. The monoisotopic (exact) mass is 687 g/mol. The Kier molecular flexibility index (Phi) is 10.8. The minimum Gasteiger partial charge on any atom is -0.495 e. The van der Waals surface area contributed by atoms with Crippen LogP contribution in [0.25, 0.3) is 0 Å². The Labute approximate surface area is 281 Å². The van der Waals surface area contributed by atoms with Gasteiger partial charge in [-0.25, -0.2) is 18.4 Å². The SMILES string of the molecule is COC(=O)COC(=O)c1ccc(NC(=O)C2NC(CC(C)(C)C)C(C#N)(c3ccc(Cl)cc3F)C2c2cccc(Cl)c2F)c(OC)c1. The van der Waals surface area contributed by atoms with Crippen molar-refractivity contribution in [2.24, 2.45) is 5.41 Å². The third kappa shape index (κ3) is 7.35. The average molecular weight is 689 g/mol. The quantitative estimate of drug-likeness (QED) is 0.242. The summed E-state index contributed by atoms with van der Waals surface area (Å²) < 4.78 is 46.6. The van der Waals surface area contributed by atoms with E-state index in [0.717, 1.165) is 13.2 Å². The van der Waals surface area contributed by atoms with Gasteiger partial charge in [0.25, 0.3) is 0 Å². The average Bonchev–Trinajstić information content (AvgIpc) is 3.33. The number of nitriles is 1. The van der Waals surface area contributed by atoms with Gasteiger partial charge in [-0.1, -0.05) is 62.2 Å². The molecule has 1 aliphatic heterocycles. The van der Waals surface area contributed by atoms with E-state index in [9.17, 15) is 19.6 Å². The van der Waals surface area contributed by atoms with Gasteiger partial charge in [0.15, 0.2) is 6.61 Å². The fraction of sp³-hybridized carbons (Fsp3) is 0.353. The maximum absolute atomic E-state index is 15.9. The minimum atomic E-state index is -1.81. The number of anilines is 1. The highest BCUT2D eigenvalue weighted by Gasteiger charge is 2.61. The third-order valence-electron chi connectivity index (χ3n) is 7.98. The van der Waals surface area contributed by atoms with E-state index in [1.165, 1.54) is 55.6 Å². The summed E-state index contributed by atoms with van der Waals surface area (Å²) in [6.45, 7) is 5.19. The molecule has 0 radical (unpaired) electrons. The van der Waals surface area contributed by atoms with Crippen LogP contribution in [0.1, 0.15) is 54.6 Å². The van der Waals surface area contributed by atoms with Gasteiger partial charge in [-0.3, -0.25) is 4.79 Å². The van der Waals surface area contributed by atoms with Crippen LogP contribution < -0.4 is 15.4 Å². The Morgan fingerprint density at radius 2 is 1.79 bits per heavy atom. The predicted octanol–water partition coefficient (Wildman–Crippen LogP) is 6.57. The van der Waals surface area contributed by atoms with Crippen molar-refractivity contribution in [3.05, 3.63) is 93.0 Å². The molecule has 4 atom stereocenters. The molecule has 0 saturated carbocycles. The number of halogens is 4. The first kappa shape index (κ1) is 35.6. The second-order valence-corrected chi connectivity index (χ2v) is 13.1. The maximum Gasteiger partial charge on any atom is 0.344 e. The highest BCUT2D eigenvalue weighted by Crippen LogP contribution is 2.53. The first-order valence-electron chi connectivity index (χ1n) is 14.5. The van der Waals surface area contributed by atoms with Crippen LogP contribution in [0.4, 0.5) is 14.5 Å². The van der Waals surface area contributed by atoms with Crippen LogP contribution in [-0.4, -0.2) is 50.8 Å². The van der Waals surface area contributed by atoms with E-state index in [1.54, 1.807) is 0 Å². The Morgan fingerprint density at radius 3 is 2.40 bits per heavy atom. The van der Waals surface area contributed by atoms with E-state index >= 15 is 8.78 Å². The summed E-state index contributed by atoms with van der Waals surface area (Å²) in [7, 11) is 2.47. The van der Waals surface area contributed by atoms with Crippen molar-refractivity contribution >= 4 is 46.7 Å². The Balaban J connectivity index is 1.83. The van der Waals surface area contributed by atoms with Crippen LogP contribution in [-0.2, 0) is 24.5 Å². The molecule has 2 N–H and O–H groups in total. The molecule has 0 bridgehead atoms. The van der Waals surface area contributed by atoms with Crippen LogP contribution in [0, 0.1) is 28.4 Å². The van der Waals surface area contributed by atoms with Crippen LogP contribution in [0.5, 0.6) is 5.75 Å².